The zero-order valence-electron chi connectivity index (χ0n) is 10.6. The summed E-state index contributed by atoms with van der Waals surface area (Å²) in [6.07, 6.45) is 3.76. The summed E-state index contributed by atoms with van der Waals surface area (Å²) in [5.41, 5.74) is 1.33. The Morgan fingerprint density at radius 3 is 2.53 bits per heavy atom. The first kappa shape index (κ1) is 13.2. The first-order chi connectivity index (χ1) is 9.34. The highest BCUT2D eigenvalue weighted by Gasteiger charge is 2.24. The molecular weight excluding hydrogens is 322 g/mol. The van der Waals surface area contributed by atoms with E-state index in [4.69, 9.17) is 0 Å². The van der Waals surface area contributed by atoms with Gasteiger partial charge in [0.05, 0.1) is 9.83 Å². The van der Waals surface area contributed by atoms with Gasteiger partial charge in [-0.1, -0.05) is 0 Å². The van der Waals surface area contributed by atoms with Gasteiger partial charge in [-0.2, -0.15) is 0 Å². The molecule has 1 aliphatic heterocycles. The van der Waals surface area contributed by atoms with Gasteiger partial charge in [-0.05, 0) is 45.8 Å². The van der Waals surface area contributed by atoms with Crippen molar-refractivity contribution in [3.8, 4) is 0 Å². The van der Waals surface area contributed by atoms with Crippen molar-refractivity contribution in [2.75, 3.05) is 26.2 Å². The number of nitrogens with zero attached hydrogens (tertiary/aromatic N) is 2. The van der Waals surface area contributed by atoms with Crippen LogP contribution < -0.4 is 5.32 Å². The molecule has 1 unspecified atom stereocenters. The van der Waals surface area contributed by atoms with Gasteiger partial charge < -0.3 is 5.32 Å². The first-order valence-electron chi connectivity index (χ1n) is 6.44. The van der Waals surface area contributed by atoms with Gasteiger partial charge in [-0.3, -0.25) is 9.88 Å². The summed E-state index contributed by atoms with van der Waals surface area (Å²) in [5.74, 6) is 0. The number of pyridine rings is 1. The van der Waals surface area contributed by atoms with E-state index in [9.17, 15) is 0 Å². The van der Waals surface area contributed by atoms with Gasteiger partial charge in [0.1, 0.15) is 0 Å². The maximum Gasteiger partial charge on any atom is 0.0702 e. The Balaban J connectivity index is 1.95. The normalized spacial score (nSPS) is 18.4. The topological polar surface area (TPSA) is 28.2 Å². The molecule has 3 rings (SSSR count). The second-order valence-electron chi connectivity index (χ2n) is 4.61. The molecule has 1 saturated heterocycles. The SMILES string of the molecule is Brc1ccc(C(c2ccncc2)N2CCNCC2)s1. The van der Waals surface area contributed by atoms with Crippen molar-refractivity contribution < 1.29 is 0 Å². The van der Waals surface area contributed by atoms with Crippen LogP contribution >= 0.6 is 27.3 Å². The van der Waals surface area contributed by atoms with Gasteiger partial charge >= 0.3 is 0 Å². The Morgan fingerprint density at radius 2 is 1.89 bits per heavy atom. The van der Waals surface area contributed by atoms with Crippen LogP contribution in [0.2, 0.25) is 0 Å². The van der Waals surface area contributed by atoms with E-state index in [1.54, 1.807) is 0 Å². The molecular formula is C14H16BrN3S. The molecule has 100 valence electrons. The van der Waals surface area contributed by atoms with Gasteiger partial charge in [0, 0.05) is 43.4 Å². The highest BCUT2D eigenvalue weighted by atomic mass is 79.9. The van der Waals surface area contributed by atoms with E-state index in [0.29, 0.717) is 6.04 Å². The Hall–Kier alpha value is -0.750. The number of halogens is 1. The number of nitrogens with one attached hydrogen (secondary N) is 1. The van der Waals surface area contributed by atoms with Gasteiger partial charge in [0.15, 0.2) is 0 Å². The van der Waals surface area contributed by atoms with Crippen molar-refractivity contribution in [3.63, 3.8) is 0 Å². The van der Waals surface area contributed by atoms with E-state index < -0.39 is 0 Å². The molecule has 3 nitrogen and oxygen atoms in total. The summed E-state index contributed by atoms with van der Waals surface area (Å²) in [5, 5.41) is 3.42. The van der Waals surface area contributed by atoms with Crippen molar-refractivity contribution >= 4 is 27.3 Å². The van der Waals surface area contributed by atoms with Crippen LogP contribution in [0.15, 0.2) is 40.4 Å². The zero-order chi connectivity index (χ0) is 13.1. The Bertz CT molecular complexity index is 522. The predicted molar refractivity (Wildman–Crippen MR) is 82.5 cm³/mol. The van der Waals surface area contributed by atoms with Crippen molar-refractivity contribution in [1.82, 2.24) is 15.2 Å². The number of hydrogen-bond donors (Lipinski definition) is 1. The third-order valence-corrected chi connectivity index (χ3v) is 5.08. The van der Waals surface area contributed by atoms with E-state index in [2.05, 4.69) is 55.4 Å². The Kier molecular flexibility index (Phi) is 4.28. The predicted octanol–water partition coefficient (Wildman–Crippen LogP) is 2.90. The summed E-state index contributed by atoms with van der Waals surface area (Å²) >= 11 is 5.39. The molecule has 19 heavy (non-hydrogen) atoms. The maximum atomic E-state index is 4.14. The Labute approximate surface area is 125 Å². The molecule has 1 atom stereocenters. The number of aromatic nitrogens is 1. The van der Waals surface area contributed by atoms with Crippen molar-refractivity contribution in [3.05, 3.63) is 50.9 Å². The van der Waals surface area contributed by atoms with Gasteiger partial charge in [-0.15, -0.1) is 11.3 Å². The van der Waals surface area contributed by atoms with Crippen LogP contribution in [-0.2, 0) is 0 Å². The first-order valence-corrected chi connectivity index (χ1v) is 8.05. The van der Waals surface area contributed by atoms with Crippen LogP contribution in [0.5, 0.6) is 0 Å². The quantitative estimate of drug-likeness (QED) is 0.933. The molecule has 0 aliphatic carbocycles. The lowest BCUT2D eigenvalue weighted by atomic mass is 10.0. The molecule has 3 heterocycles. The molecule has 0 saturated carbocycles. The van der Waals surface area contributed by atoms with E-state index in [1.807, 2.05) is 23.7 Å². The lowest BCUT2D eigenvalue weighted by molar-refractivity contribution is 0.200. The summed E-state index contributed by atoms with van der Waals surface area (Å²) in [6.45, 7) is 4.30. The molecule has 2 aromatic rings. The van der Waals surface area contributed by atoms with Crippen LogP contribution in [0.1, 0.15) is 16.5 Å². The average Bonchev–Trinajstić information content (AvgIpc) is 2.88. The van der Waals surface area contributed by atoms with Crippen LogP contribution in [0.25, 0.3) is 0 Å². The van der Waals surface area contributed by atoms with E-state index >= 15 is 0 Å². The van der Waals surface area contributed by atoms with Crippen molar-refractivity contribution in [2.24, 2.45) is 0 Å². The fraction of sp³-hybridized carbons (Fsp3) is 0.357. The second-order valence-corrected chi connectivity index (χ2v) is 7.11. The highest BCUT2D eigenvalue weighted by molar-refractivity contribution is 9.11. The van der Waals surface area contributed by atoms with Crippen LogP contribution in [-0.4, -0.2) is 36.1 Å². The van der Waals surface area contributed by atoms with Gasteiger partial charge in [-0.25, -0.2) is 0 Å². The minimum atomic E-state index is 0.349. The molecule has 2 aromatic heterocycles. The second kappa shape index (κ2) is 6.13. The van der Waals surface area contributed by atoms with Crippen molar-refractivity contribution in [1.29, 1.82) is 0 Å². The monoisotopic (exact) mass is 337 g/mol. The third kappa shape index (κ3) is 3.05. The standard InChI is InChI=1S/C14H16BrN3S/c15-13-2-1-12(19-13)14(11-3-5-16-6-4-11)18-9-7-17-8-10-18/h1-6,14,17H,7-10H2. The lowest BCUT2D eigenvalue weighted by Crippen LogP contribution is -2.45. The smallest absolute Gasteiger partial charge is 0.0702 e. The summed E-state index contributed by atoms with van der Waals surface area (Å²) < 4.78 is 1.19. The lowest BCUT2D eigenvalue weighted by Gasteiger charge is -2.34. The molecule has 0 spiro atoms. The minimum Gasteiger partial charge on any atom is -0.314 e. The van der Waals surface area contributed by atoms with Gasteiger partial charge in [0.2, 0.25) is 0 Å². The maximum absolute atomic E-state index is 4.14. The summed E-state index contributed by atoms with van der Waals surface area (Å²) in [7, 11) is 0. The molecule has 1 aliphatic rings. The average molecular weight is 338 g/mol. The molecule has 1 fully saturated rings. The number of rotatable bonds is 3. The highest BCUT2D eigenvalue weighted by Crippen LogP contribution is 2.35. The van der Waals surface area contributed by atoms with Crippen molar-refractivity contribution in [2.45, 2.75) is 6.04 Å². The van der Waals surface area contributed by atoms with Crippen LogP contribution in [0, 0.1) is 0 Å². The molecule has 1 N–H and O–H groups in total. The van der Waals surface area contributed by atoms with Gasteiger partial charge in [0.25, 0.3) is 0 Å². The minimum absolute atomic E-state index is 0.349. The largest absolute Gasteiger partial charge is 0.314 e. The third-order valence-electron chi connectivity index (χ3n) is 3.40. The molecule has 0 bridgehead atoms. The molecule has 5 heteroatoms. The fourth-order valence-electron chi connectivity index (χ4n) is 2.52. The van der Waals surface area contributed by atoms with E-state index in [0.717, 1.165) is 26.2 Å². The Morgan fingerprint density at radius 1 is 1.16 bits per heavy atom. The molecule has 0 radical (unpaired) electrons. The number of thiophene rings is 1. The van der Waals surface area contributed by atoms with Crippen LogP contribution in [0.4, 0.5) is 0 Å². The zero-order valence-corrected chi connectivity index (χ0v) is 13.0. The number of hydrogen-bond acceptors (Lipinski definition) is 4. The van der Waals surface area contributed by atoms with E-state index in [-0.39, 0.29) is 0 Å². The number of piperazine rings is 1. The molecule has 0 amide bonds. The summed E-state index contributed by atoms with van der Waals surface area (Å²) in [6, 6.07) is 8.96. The fourth-order valence-corrected chi connectivity index (χ4v) is 4.10. The van der Waals surface area contributed by atoms with Crippen LogP contribution in [0.3, 0.4) is 0 Å². The molecule has 0 aromatic carbocycles. The summed E-state index contributed by atoms with van der Waals surface area (Å²) in [4.78, 5) is 8.07. The van der Waals surface area contributed by atoms with E-state index in [1.165, 1.54) is 14.2 Å².